The summed E-state index contributed by atoms with van der Waals surface area (Å²) in [5, 5.41) is 0. The smallest absolute Gasteiger partial charge is 0.254 e. The summed E-state index contributed by atoms with van der Waals surface area (Å²) in [7, 11) is 0. The number of ether oxygens (including phenoxy) is 1. The molecule has 1 atom stereocenters. The van der Waals surface area contributed by atoms with Crippen molar-refractivity contribution in [3.8, 4) is 11.6 Å². The average Bonchev–Trinajstić information content (AvgIpc) is 3.28. The number of aromatic nitrogens is 4. The molecule has 1 aliphatic rings. The zero-order chi connectivity index (χ0) is 24.2. The van der Waals surface area contributed by atoms with Crippen LogP contribution in [-0.4, -0.2) is 43.4 Å². The van der Waals surface area contributed by atoms with Crippen LogP contribution in [0, 0.1) is 13.8 Å². The number of likely N-dealkylation sites (tertiary alicyclic amines) is 1. The topological polar surface area (TPSA) is 73.1 Å². The number of rotatable bonds is 6. The van der Waals surface area contributed by atoms with Gasteiger partial charge in [0.1, 0.15) is 11.6 Å². The number of imidazole rings is 1. The van der Waals surface area contributed by atoms with Crippen LogP contribution in [-0.2, 0) is 6.54 Å². The first kappa shape index (κ1) is 22.8. The second-order valence-electron chi connectivity index (χ2n) is 9.05. The summed E-state index contributed by atoms with van der Waals surface area (Å²) in [6, 6.07) is 15.7. The highest BCUT2D eigenvalue weighted by Crippen LogP contribution is 2.29. The molecule has 178 valence electrons. The number of carbonyl (C=O) groups excluding carboxylic acids is 1. The largest absolute Gasteiger partial charge is 0.437 e. The van der Waals surface area contributed by atoms with Crippen LogP contribution in [0.15, 0.2) is 73.3 Å². The van der Waals surface area contributed by atoms with Crippen LogP contribution >= 0.6 is 0 Å². The van der Waals surface area contributed by atoms with E-state index in [9.17, 15) is 4.79 Å². The summed E-state index contributed by atoms with van der Waals surface area (Å²) >= 11 is 0. The van der Waals surface area contributed by atoms with E-state index in [0.29, 0.717) is 19.0 Å². The molecular weight excluding hydrogens is 438 g/mol. The molecule has 0 aliphatic carbocycles. The van der Waals surface area contributed by atoms with Crippen LogP contribution < -0.4 is 4.74 Å². The third-order valence-corrected chi connectivity index (χ3v) is 6.48. The molecule has 0 bridgehead atoms. The Hall–Kier alpha value is -4.00. The number of hydrogen-bond donors (Lipinski definition) is 0. The molecule has 1 fully saturated rings. The molecule has 4 aromatic rings. The number of hydrogen-bond acceptors (Lipinski definition) is 5. The average molecular weight is 468 g/mol. The molecule has 0 N–H and O–H groups in total. The molecule has 7 nitrogen and oxygen atoms in total. The highest BCUT2D eigenvalue weighted by atomic mass is 16.5. The van der Waals surface area contributed by atoms with Crippen LogP contribution in [0.1, 0.15) is 51.8 Å². The van der Waals surface area contributed by atoms with Crippen molar-refractivity contribution in [3.63, 3.8) is 0 Å². The molecule has 1 amide bonds. The van der Waals surface area contributed by atoms with Gasteiger partial charge in [-0.05, 0) is 56.0 Å². The first-order valence-electron chi connectivity index (χ1n) is 12.0. The van der Waals surface area contributed by atoms with E-state index < -0.39 is 0 Å². The van der Waals surface area contributed by atoms with E-state index in [0.717, 1.165) is 53.3 Å². The highest BCUT2D eigenvalue weighted by Gasteiger charge is 2.28. The lowest BCUT2D eigenvalue weighted by molar-refractivity contribution is 0.0704. The van der Waals surface area contributed by atoms with Gasteiger partial charge in [0.25, 0.3) is 5.91 Å². The van der Waals surface area contributed by atoms with Gasteiger partial charge in [-0.15, -0.1) is 0 Å². The second kappa shape index (κ2) is 10.1. The van der Waals surface area contributed by atoms with Crippen molar-refractivity contribution >= 4 is 5.91 Å². The quantitative estimate of drug-likeness (QED) is 0.392. The van der Waals surface area contributed by atoms with E-state index in [1.807, 2.05) is 73.5 Å². The van der Waals surface area contributed by atoms with E-state index in [1.165, 1.54) is 0 Å². The van der Waals surface area contributed by atoms with Gasteiger partial charge < -0.3 is 14.2 Å². The molecule has 3 heterocycles. The SMILES string of the molecule is Cc1cccc(Oc2cncc([C@H]3CCCN(C(=O)c4ccccc4Cn4ccnc4C)C3)n2)c1. The maximum Gasteiger partial charge on any atom is 0.254 e. The molecule has 0 radical (unpaired) electrons. The number of nitrogens with zero attached hydrogens (tertiary/aromatic N) is 5. The maximum atomic E-state index is 13.6. The first-order chi connectivity index (χ1) is 17.1. The predicted octanol–water partition coefficient (Wildman–Crippen LogP) is 5.15. The van der Waals surface area contributed by atoms with Gasteiger partial charge in [0, 0.05) is 49.7 Å². The van der Waals surface area contributed by atoms with Gasteiger partial charge in [-0.1, -0.05) is 30.3 Å². The number of aryl methyl sites for hydroxylation is 2. The lowest BCUT2D eigenvalue weighted by Gasteiger charge is -2.33. The van der Waals surface area contributed by atoms with E-state index in [2.05, 4.69) is 14.5 Å². The molecular formula is C28H29N5O2. The fourth-order valence-electron chi connectivity index (χ4n) is 4.60. The Morgan fingerprint density at radius 2 is 2.00 bits per heavy atom. The van der Waals surface area contributed by atoms with Crippen LogP contribution in [0.25, 0.3) is 0 Å². The van der Waals surface area contributed by atoms with E-state index in [1.54, 1.807) is 18.6 Å². The van der Waals surface area contributed by atoms with Gasteiger partial charge in [0.2, 0.25) is 5.88 Å². The molecule has 0 unspecified atom stereocenters. The van der Waals surface area contributed by atoms with Crippen LogP contribution in [0.2, 0.25) is 0 Å². The van der Waals surface area contributed by atoms with Crippen LogP contribution in [0.3, 0.4) is 0 Å². The van der Waals surface area contributed by atoms with Gasteiger partial charge in [0.15, 0.2) is 0 Å². The lowest BCUT2D eigenvalue weighted by Crippen LogP contribution is -2.39. The van der Waals surface area contributed by atoms with E-state index >= 15 is 0 Å². The summed E-state index contributed by atoms with van der Waals surface area (Å²) < 4.78 is 8.00. The first-order valence-corrected chi connectivity index (χ1v) is 12.0. The summed E-state index contributed by atoms with van der Waals surface area (Å²) in [6.07, 6.45) is 9.03. The lowest BCUT2D eigenvalue weighted by atomic mass is 9.94. The Balaban J connectivity index is 1.32. The zero-order valence-electron chi connectivity index (χ0n) is 20.1. The fraction of sp³-hybridized carbons (Fsp3) is 0.286. The van der Waals surface area contributed by atoms with Gasteiger partial charge in [-0.25, -0.2) is 9.97 Å². The Bertz CT molecular complexity index is 1330. The molecule has 1 aliphatic heterocycles. The van der Waals surface area contributed by atoms with Crippen molar-refractivity contribution in [2.24, 2.45) is 0 Å². The van der Waals surface area contributed by atoms with Crippen molar-refractivity contribution in [1.82, 2.24) is 24.4 Å². The van der Waals surface area contributed by atoms with Crippen molar-refractivity contribution in [3.05, 3.63) is 102 Å². The Kier molecular flexibility index (Phi) is 6.57. The summed E-state index contributed by atoms with van der Waals surface area (Å²) in [5.74, 6) is 2.31. The zero-order valence-corrected chi connectivity index (χ0v) is 20.1. The molecule has 5 rings (SSSR count). The number of piperidine rings is 1. The number of amides is 1. The summed E-state index contributed by atoms with van der Waals surface area (Å²) in [4.78, 5) is 28.9. The number of carbonyl (C=O) groups is 1. The molecule has 0 saturated carbocycles. The highest BCUT2D eigenvalue weighted by molar-refractivity contribution is 5.95. The predicted molar refractivity (Wildman–Crippen MR) is 134 cm³/mol. The van der Waals surface area contributed by atoms with Crippen molar-refractivity contribution in [1.29, 1.82) is 0 Å². The van der Waals surface area contributed by atoms with Crippen LogP contribution in [0.5, 0.6) is 11.6 Å². The molecule has 35 heavy (non-hydrogen) atoms. The standard InChI is InChI=1S/C28H29N5O2/c1-20-7-5-10-24(15-20)35-27-17-29-16-26(31-27)23-9-6-13-33(19-23)28(34)25-11-4-3-8-22(25)18-32-14-12-30-21(32)2/h3-5,7-8,10-12,14-17,23H,6,9,13,18-19H2,1-2H3/t23-/m0/s1. The minimum Gasteiger partial charge on any atom is -0.437 e. The Morgan fingerprint density at radius 3 is 2.83 bits per heavy atom. The number of benzene rings is 2. The van der Waals surface area contributed by atoms with Gasteiger partial charge >= 0.3 is 0 Å². The van der Waals surface area contributed by atoms with Gasteiger partial charge in [-0.2, -0.15) is 0 Å². The van der Waals surface area contributed by atoms with Gasteiger partial charge in [-0.3, -0.25) is 9.78 Å². The Labute approximate surface area is 205 Å². The van der Waals surface area contributed by atoms with Crippen molar-refractivity contribution in [2.75, 3.05) is 13.1 Å². The van der Waals surface area contributed by atoms with Crippen LogP contribution in [0.4, 0.5) is 0 Å². The molecule has 0 spiro atoms. The van der Waals surface area contributed by atoms with Crippen molar-refractivity contribution in [2.45, 2.75) is 39.2 Å². The van der Waals surface area contributed by atoms with Gasteiger partial charge in [0.05, 0.1) is 11.9 Å². The molecule has 1 saturated heterocycles. The molecule has 2 aromatic heterocycles. The minimum atomic E-state index is 0.0585. The third kappa shape index (κ3) is 5.24. The second-order valence-corrected chi connectivity index (χ2v) is 9.05. The van der Waals surface area contributed by atoms with E-state index in [-0.39, 0.29) is 11.8 Å². The van der Waals surface area contributed by atoms with E-state index in [4.69, 9.17) is 9.72 Å². The maximum absolute atomic E-state index is 13.6. The summed E-state index contributed by atoms with van der Waals surface area (Å²) in [5.41, 5.74) is 3.71. The van der Waals surface area contributed by atoms with Crippen molar-refractivity contribution < 1.29 is 9.53 Å². The summed E-state index contributed by atoms with van der Waals surface area (Å²) in [6.45, 7) is 5.96. The fourth-order valence-corrected chi connectivity index (χ4v) is 4.60. The molecule has 7 heteroatoms. The monoisotopic (exact) mass is 467 g/mol. The normalized spacial score (nSPS) is 15.7. The molecule has 2 aromatic carbocycles. The Morgan fingerprint density at radius 1 is 1.11 bits per heavy atom. The third-order valence-electron chi connectivity index (χ3n) is 6.48. The minimum absolute atomic E-state index is 0.0585.